The Morgan fingerprint density at radius 2 is 2.38 bits per heavy atom. The van der Waals surface area contributed by atoms with Gasteiger partial charge in [0.15, 0.2) is 0 Å². The molecule has 0 aliphatic carbocycles. The lowest BCUT2D eigenvalue weighted by Crippen LogP contribution is -2.19. The van der Waals surface area contributed by atoms with Crippen LogP contribution in [0, 0.1) is 0 Å². The number of nitrogens with one attached hydrogen (secondary N) is 2. The van der Waals surface area contributed by atoms with Crippen LogP contribution in [0.5, 0.6) is 0 Å². The van der Waals surface area contributed by atoms with Gasteiger partial charge >= 0.3 is 0 Å². The second-order valence-electron chi connectivity index (χ2n) is 3.60. The monoisotopic (exact) mass is 219 g/mol. The lowest BCUT2D eigenvalue weighted by Gasteiger charge is -2.05. The standard InChI is InChI=1S/C11H17N5/c1-2-16-10(3-6-15-16)9-12-5-4-11-13-7-8-14-11/h3,6-8,12H,2,4-5,9H2,1H3,(H,13,14). The average Bonchev–Trinajstić information content (AvgIpc) is 2.95. The third-order valence-corrected chi connectivity index (χ3v) is 2.50. The van der Waals surface area contributed by atoms with E-state index in [9.17, 15) is 0 Å². The Balaban J connectivity index is 1.72. The van der Waals surface area contributed by atoms with Crippen LogP contribution in [0.3, 0.4) is 0 Å². The van der Waals surface area contributed by atoms with Gasteiger partial charge in [-0.05, 0) is 13.0 Å². The summed E-state index contributed by atoms with van der Waals surface area (Å²) in [4.78, 5) is 7.26. The molecule has 0 aromatic carbocycles. The number of hydrogen-bond acceptors (Lipinski definition) is 3. The molecule has 86 valence electrons. The van der Waals surface area contributed by atoms with Crippen molar-refractivity contribution < 1.29 is 0 Å². The largest absolute Gasteiger partial charge is 0.349 e. The molecule has 2 rings (SSSR count). The fraction of sp³-hybridized carbons (Fsp3) is 0.455. The highest BCUT2D eigenvalue weighted by atomic mass is 15.3. The fourth-order valence-electron chi connectivity index (χ4n) is 1.65. The van der Waals surface area contributed by atoms with E-state index >= 15 is 0 Å². The molecule has 0 saturated heterocycles. The Bertz CT molecular complexity index is 404. The second-order valence-corrected chi connectivity index (χ2v) is 3.60. The SMILES string of the molecule is CCn1nccc1CNCCc1ncc[nH]1. The predicted molar refractivity (Wildman–Crippen MR) is 61.9 cm³/mol. The Labute approximate surface area is 94.9 Å². The summed E-state index contributed by atoms with van der Waals surface area (Å²) in [5.74, 6) is 1.02. The maximum absolute atomic E-state index is 4.22. The van der Waals surface area contributed by atoms with E-state index in [0.29, 0.717) is 0 Å². The minimum absolute atomic E-state index is 0.856. The van der Waals surface area contributed by atoms with Gasteiger partial charge in [0.25, 0.3) is 0 Å². The summed E-state index contributed by atoms with van der Waals surface area (Å²) in [6.45, 7) is 4.79. The van der Waals surface area contributed by atoms with Crippen LogP contribution in [0.15, 0.2) is 24.7 Å². The minimum atomic E-state index is 0.856. The Morgan fingerprint density at radius 3 is 3.12 bits per heavy atom. The van der Waals surface area contributed by atoms with Crippen molar-refractivity contribution in [1.82, 2.24) is 25.1 Å². The molecule has 16 heavy (non-hydrogen) atoms. The lowest BCUT2D eigenvalue weighted by atomic mass is 10.3. The number of hydrogen-bond donors (Lipinski definition) is 2. The third-order valence-electron chi connectivity index (χ3n) is 2.50. The van der Waals surface area contributed by atoms with E-state index in [0.717, 1.165) is 31.9 Å². The average molecular weight is 219 g/mol. The van der Waals surface area contributed by atoms with Gasteiger partial charge in [0.2, 0.25) is 0 Å². The first-order valence-electron chi connectivity index (χ1n) is 5.60. The zero-order chi connectivity index (χ0) is 11.2. The zero-order valence-electron chi connectivity index (χ0n) is 9.48. The van der Waals surface area contributed by atoms with Gasteiger partial charge in [-0.15, -0.1) is 0 Å². The van der Waals surface area contributed by atoms with Crippen molar-refractivity contribution >= 4 is 0 Å². The molecule has 2 aromatic heterocycles. The van der Waals surface area contributed by atoms with Crippen molar-refractivity contribution in [2.24, 2.45) is 0 Å². The first-order chi connectivity index (χ1) is 7.90. The first-order valence-corrected chi connectivity index (χ1v) is 5.60. The highest BCUT2D eigenvalue weighted by Crippen LogP contribution is 1.98. The molecule has 0 aliphatic heterocycles. The molecule has 0 atom stereocenters. The van der Waals surface area contributed by atoms with Crippen molar-refractivity contribution in [2.45, 2.75) is 26.4 Å². The quantitative estimate of drug-likeness (QED) is 0.711. The summed E-state index contributed by atoms with van der Waals surface area (Å²) in [6, 6.07) is 2.05. The lowest BCUT2D eigenvalue weighted by molar-refractivity contribution is 0.580. The number of nitrogens with zero attached hydrogens (tertiary/aromatic N) is 3. The topological polar surface area (TPSA) is 58.5 Å². The Kier molecular flexibility index (Phi) is 3.71. The highest BCUT2D eigenvalue weighted by molar-refractivity contribution is 5.00. The van der Waals surface area contributed by atoms with E-state index in [4.69, 9.17) is 0 Å². The van der Waals surface area contributed by atoms with Crippen molar-refractivity contribution in [3.05, 3.63) is 36.2 Å². The molecule has 2 aromatic rings. The highest BCUT2D eigenvalue weighted by Gasteiger charge is 2.00. The minimum Gasteiger partial charge on any atom is -0.349 e. The zero-order valence-corrected chi connectivity index (χ0v) is 9.48. The summed E-state index contributed by atoms with van der Waals surface area (Å²) in [6.07, 6.45) is 6.39. The van der Waals surface area contributed by atoms with E-state index in [-0.39, 0.29) is 0 Å². The van der Waals surface area contributed by atoms with Crippen LogP contribution in [0.2, 0.25) is 0 Å². The number of rotatable bonds is 6. The van der Waals surface area contributed by atoms with Crippen molar-refractivity contribution in [3.63, 3.8) is 0 Å². The van der Waals surface area contributed by atoms with Crippen LogP contribution in [-0.2, 0) is 19.5 Å². The van der Waals surface area contributed by atoms with Gasteiger partial charge in [0.1, 0.15) is 5.82 Å². The van der Waals surface area contributed by atoms with Crippen LogP contribution in [-0.4, -0.2) is 26.3 Å². The van der Waals surface area contributed by atoms with Gasteiger partial charge in [0, 0.05) is 44.6 Å². The molecule has 0 unspecified atom stereocenters. The molecule has 5 heteroatoms. The Hall–Kier alpha value is -1.62. The van der Waals surface area contributed by atoms with Gasteiger partial charge < -0.3 is 10.3 Å². The first kappa shape index (κ1) is 10.9. The number of H-pyrrole nitrogens is 1. The van der Waals surface area contributed by atoms with Crippen LogP contribution in [0.25, 0.3) is 0 Å². The maximum atomic E-state index is 4.22. The molecule has 0 saturated carbocycles. The Morgan fingerprint density at radius 1 is 1.44 bits per heavy atom. The molecule has 2 heterocycles. The molecule has 0 radical (unpaired) electrons. The van der Waals surface area contributed by atoms with Gasteiger partial charge in [-0.3, -0.25) is 4.68 Å². The summed E-state index contributed by atoms with van der Waals surface area (Å²) in [5.41, 5.74) is 1.22. The molecule has 0 spiro atoms. The summed E-state index contributed by atoms with van der Waals surface area (Å²) >= 11 is 0. The summed E-state index contributed by atoms with van der Waals surface area (Å²) in [5, 5.41) is 7.60. The molecule has 0 bridgehead atoms. The smallest absolute Gasteiger partial charge is 0.107 e. The number of imidazole rings is 1. The van der Waals surface area contributed by atoms with Crippen molar-refractivity contribution in [1.29, 1.82) is 0 Å². The molecule has 0 aliphatic rings. The molecular formula is C11H17N5. The van der Waals surface area contributed by atoms with Crippen LogP contribution >= 0.6 is 0 Å². The third kappa shape index (κ3) is 2.70. The van der Waals surface area contributed by atoms with E-state index in [1.165, 1.54) is 5.69 Å². The molecule has 2 N–H and O–H groups in total. The normalized spacial score (nSPS) is 10.8. The fourth-order valence-corrected chi connectivity index (χ4v) is 1.65. The van der Waals surface area contributed by atoms with E-state index in [2.05, 4.69) is 27.3 Å². The van der Waals surface area contributed by atoms with E-state index in [1.807, 2.05) is 23.1 Å². The van der Waals surface area contributed by atoms with E-state index < -0.39 is 0 Å². The van der Waals surface area contributed by atoms with Gasteiger partial charge in [0.05, 0.1) is 5.69 Å². The number of aromatic nitrogens is 4. The van der Waals surface area contributed by atoms with Gasteiger partial charge in [-0.25, -0.2) is 4.98 Å². The number of aryl methyl sites for hydroxylation is 1. The molecule has 5 nitrogen and oxygen atoms in total. The molecule has 0 fully saturated rings. The van der Waals surface area contributed by atoms with Crippen molar-refractivity contribution in [3.8, 4) is 0 Å². The molecular weight excluding hydrogens is 202 g/mol. The number of aromatic amines is 1. The second kappa shape index (κ2) is 5.46. The van der Waals surface area contributed by atoms with Gasteiger partial charge in [-0.2, -0.15) is 5.10 Å². The maximum Gasteiger partial charge on any atom is 0.107 e. The van der Waals surface area contributed by atoms with Crippen LogP contribution in [0.4, 0.5) is 0 Å². The van der Waals surface area contributed by atoms with Crippen molar-refractivity contribution in [2.75, 3.05) is 6.54 Å². The van der Waals surface area contributed by atoms with Crippen LogP contribution < -0.4 is 5.32 Å². The van der Waals surface area contributed by atoms with E-state index in [1.54, 1.807) is 6.20 Å². The summed E-state index contributed by atoms with van der Waals surface area (Å²) in [7, 11) is 0. The van der Waals surface area contributed by atoms with Crippen LogP contribution in [0.1, 0.15) is 18.4 Å². The summed E-state index contributed by atoms with van der Waals surface area (Å²) < 4.78 is 2.00. The predicted octanol–water partition coefficient (Wildman–Crippen LogP) is 0.958. The molecule has 0 amide bonds. The van der Waals surface area contributed by atoms with Gasteiger partial charge in [-0.1, -0.05) is 0 Å².